The molecule has 148 valence electrons. The quantitative estimate of drug-likeness (QED) is 0.529. The van der Waals surface area contributed by atoms with Gasteiger partial charge in [-0.05, 0) is 43.5 Å². The first-order valence-electron chi connectivity index (χ1n) is 8.47. The van der Waals surface area contributed by atoms with Gasteiger partial charge in [-0.2, -0.15) is 0 Å². The summed E-state index contributed by atoms with van der Waals surface area (Å²) in [5.41, 5.74) is 5.60. The van der Waals surface area contributed by atoms with Crippen molar-refractivity contribution in [1.82, 2.24) is 5.32 Å². The van der Waals surface area contributed by atoms with Crippen molar-refractivity contribution in [3.63, 3.8) is 0 Å². The van der Waals surface area contributed by atoms with E-state index in [2.05, 4.69) is 0 Å². The van der Waals surface area contributed by atoms with E-state index in [0.717, 1.165) is 0 Å². The standard InChI is InChI=1S/C19H26N2O6/c1-11(2)17(18(23)21-19(20)24)27-16(22)9-7-13-6-8-14(26-12(3)4)15(10-13)25-5/h6-12,17H,1-5H3,(H3,20,21,23,24)/b9-7+/t17-/m0/s1. The van der Waals surface area contributed by atoms with Crippen molar-refractivity contribution in [1.29, 1.82) is 0 Å². The number of ether oxygens (including phenoxy) is 3. The minimum Gasteiger partial charge on any atom is -0.493 e. The molecule has 0 unspecified atom stereocenters. The number of nitrogens with one attached hydrogen (secondary N) is 1. The molecule has 8 nitrogen and oxygen atoms in total. The molecule has 0 heterocycles. The lowest BCUT2D eigenvalue weighted by molar-refractivity contribution is -0.153. The lowest BCUT2D eigenvalue weighted by atomic mass is 10.1. The van der Waals surface area contributed by atoms with Crippen LogP contribution in [0.3, 0.4) is 0 Å². The number of benzene rings is 1. The average molecular weight is 378 g/mol. The van der Waals surface area contributed by atoms with Crippen LogP contribution in [-0.2, 0) is 14.3 Å². The van der Waals surface area contributed by atoms with E-state index in [-0.39, 0.29) is 12.0 Å². The Kier molecular flexibility index (Phi) is 8.32. The highest BCUT2D eigenvalue weighted by molar-refractivity contribution is 5.97. The minimum absolute atomic E-state index is 0.00483. The van der Waals surface area contributed by atoms with Gasteiger partial charge in [0.1, 0.15) is 0 Å². The summed E-state index contributed by atoms with van der Waals surface area (Å²) < 4.78 is 16.0. The number of hydrogen-bond donors (Lipinski definition) is 2. The molecular weight excluding hydrogens is 352 g/mol. The van der Waals surface area contributed by atoms with Gasteiger partial charge in [0.2, 0.25) is 0 Å². The van der Waals surface area contributed by atoms with Gasteiger partial charge in [0.15, 0.2) is 17.6 Å². The molecule has 1 aromatic carbocycles. The molecule has 27 heavy (non-hydrogen) atoms. The van der Waals surface area contributed by atoms with Crippen LogP contribution in [0.15, 0.2) is 24.3 Å². The second-order valence-electron chi connectivity index (χ2n) is 6.37. The predicted octanol–water partition coefficient (Wildman–Crippen LogP) is 2.26. The van der Waals surface area contributed by atoms with E-state index >= 15 is 0 Å². The summed E-state index contributed by atoms with van der Waals surface area (Å²) in [6, 6.07) is 4.19. The fourth-order valence-corrected chi connectivity index (χ4v) is 2.15. The molecular formula is C19H26N2O6. The van der Waals surface area contributed by atoms with Gasteiger partial charge in [0.05, 0.1) is 13.2 Å². The summed E-state index contributed by atoms with van der Waals surface area (Å²) in [5.74, 6) is -0.713. The smallest absolute Gasteiger partial charge is 0.331 e. The number of carbonyl (C=O) groups excluding carboxylic acids is 3. The van der Waals surface area contributed by atoms with E-state index in [4.69, 9.17) is 19.9 Å². The van der Waals surface area contributed by atoms with Crippen LogP contribution in [0.4, 0.5) is 4.79 Å². The maximum atomic E-state index is 12.0. The first-order valence-corrected chi connectivity index (χ1v) is 8.47. The number of urea groups is 1. The largest absolute Gasteiger partial charge is 0.493 e. The summed E-state index contributed by atoms with van der Waals surface area (Å²) >= 11 is 0. The van der Waals surface area contributed by atoms with Gasteiger partial charge in [-0.3, -0.25) is 10.1 Å². The topological polar surface area (TPSA) is 117 Å². The number of rotatable bonds is 8. The van der Waals surface area contributed by atoms with Crippen LogP contribution in [-0.4, -0.2) is 37.2 Å². The molecule has 0 saturated carbocycles. The maximum absolute atomic E-state index is 12.0. The number of amides is 3. The average Bonchev–Trinajstić information content (AvgIpc) is 2.57. The van der Waals surface area contributed by atoms with Crippen molar-refractivity contribution < 1.29 is 28.6 Å². The lowest BCUT2D eigenvalue weighted by Gasteiger charge is -2.18. The molecule has 3 N–H and O–H groups in total. The van der Waals surface area contributed by atoms with Crippen LogP contribution < -0.4 is 20.5 Å². The summed E-state index contributed by atoms with van der Waals surface area (Å²) in [6.07, 6.45) is 1.57. The number of hydrogen-bond acceptors (Lipinski definition) is 6. The fraction of sp³-hybridized carbons (Fsp3) is 0.421. The Morgan fingerprint density at radius 2 is 1.78 bits per heavy atom. The zero-order chi connectivity index (χ0) is 20.6. The number of nitrogens with two attached hydrogens (primary N) is 1. The van der Waals surface area contributed by atoms with Crippen molar-refractivity contribution >= 4 is 24.0 Å². The molecule has 0 bridgehead atoms. The number of methoxy groups -OCH3 is 1. The van der Waals surface area contributed by atoms with Crippen LogP contribution in [0.2, 0.25) is 0 Å². The Labute approximate surface area is 158 Å². The summed E-state index contributed by atoms with van der Waals surface area (Å²) in [4.78, 5) is 34.7. The third kappa shape index (κ3) is 7.39. The van der Waals surface area contributed by atoms with Gasteiger partial charge in [0, 0.05) is 6.08 Å². The molecule has 0 aliphatic rings. The van der Waals surface area contributed by atoms with Crippen LogP contribution in [0.5, 0.6) is 11.5 Å². The number of imide groups is 1. The van der Waals surface area contributed by atoms with Gasteiger partial charge in [-0.15, -0.1) is 0 Å². The molecule has 0 aromatic heterocycles. The molecule has 0 fully saturated rings. The van der Waals surface area contributed by atoms with Crippen molar-refractivity contribution in [2.24, 2.45) is 11.7 Å². The Morgan fingerprint density at radius 3 is 2.30 bits per heavy atom. The zero-order valence-electron chi connectivity index (χ0n) is 16.1. The van der Waals surface area contributed by atoms with Crippen LogP contribution in [0.1, 0.15) is 33.3 Å². The van der Waals surface area contributed by atoms with Crippen molar-refractivity contribution in [2.45, 2.75) is 39.9 Å². The monoisotopic (exact) mass is 378 g/mol. The van der Waals surface area contributed by atoms with E-state index in [0.29, 0.717) is 17.1 Å². The molecule has 1 atom stereocenters. The molecule has 0 aliphatic heterocycles. The normalized spacial score (nSPS) is 12.1. The molecule has 8 heteroatoms. The number of carbonyl (C=O) groups is 3. The highest BCUT2D eigenvalue weighted by atomic mass is 16.5. The van der Waals surface area contributed by atoms with Gasteiger partial charge in [0.25, 0.3) is 5.91 Å². The highest BCUT2D eigenvalue weighted by Crippen LogP contribution is 2.29. The second-order valence-corrected chi connectivity index (χ2v) is 6.37. The highest BCUT2D eigenvalue weighted by Gasteiger charge is 2.26. The third-order valence-electron chi connectivity index (χ3n) is 3.32. The summed E-state index contributed by atoms with van der Waals surface area (Å²) in [7, 11) is 1.52. The van der Waals surface area contributed by atoms with Crippen molar-refractivity contribution in [3.8, 4) is 11.5 Å². The molecule has 1 rings (SSSR count). The van der Waals surface area contributed by atoms with E-state index in [1.165, 1.54) is 19.3 Å². The van der Waals surface area contributed by atoms with Crippen molar-refractivity contribution in [3.05, 3.63) is 29.8 Å². The van der Waals surface area contributed by atoms with Gasteiger partial charge in [-0.25, -0.2) is 9.59 Å². The minimum atomic E-state index is -1.13. The van der Waals surface area contributed by atoms with Crippen LogP contribution >= 0.6 is 0 Å². The Bertz CT molecular complexity index is 712. The predicted molar refractivity (Wildman–Crippen MR) is 100 cm³/mol. The second kappa shape index (κ2) is 10.2. The Balaban J connectivity index is 2.84. The zero-order valence-corrected chi connectivity index (χ0v) is 16.1. The molecule has 0 aliphatic carbocycles. The Hall–Kier alpha value is -3.03. The van der Waals surface area contributed by atoms with E-state index < -0.39 is 24.0 Å². The van der Waals surface area contributed by atoms with Crippen LogP contribution in [0.25, 0.3) is 6.08 Å². The van der Waals surface area contributed by atoms with E-state index in [1.54, 1.807) is 32.0 Å². The van der Waals surface area contributed by atoms with Gasteiger partial charge >= 0.3 is 12.0 Å². The lowest BCUT2D eigenvalue weighted by Crippen LogP contribution is -2.45. The molecule has 0 saturated heterocycles. The van der Waals surface area contributed by atoms with E-state index in [9.17, 15) is 14.4 Å². The summed E-state index contributed by atoms with van der Waals surface area (Å²) in [6.45, 7) is 7.17. The molecule has 0 spiro atoms. The third-order valence-corrected chi connectivity index (χ3v) is 3.32. The molecule has 0 radical (unpaired) electrons. The van der Waals surface area contributed by atoms with Gasteiger partial charge in [-0.1, -0.05) is 19.9 Å². The first-order chi connectivity index (χ1) is 12.6. The molecule has 1 aromatic rings. The Morgan fingerprint density at radius 1 is 1.11 bits per heavy atom. The number of esters is 1. The van der Waals surface area contributed by atoms with E-state index in [1.807, 2.05) is 19.2 Å². The van der Waals surface area contributed by atoms with Crippen molar-refractivity contribution in [2.75, 3.05) is 7.11 Å². The van der Waals surface area contributed by atoms with Gasteiger partial charge < -0.3 is 19.9 Å². The fourth-order valence-electron chi connectivity index (χ4n) is 2.15. The summed E-state index contributed by atoms with van der Waals surface area (Å²) in [5, 5.41) is 1.91. The maximum Gasteiger partial charge on any atom is 0.331 e. The molecule has 3 amide bonds. The number of primary amides is 1. The van der Waals surface area contributed by atoms with Crippen LogP contribution in [0, 0.1) is 5.92 Å². The SMILES string of the molecule is COc1cc(/C=C/C(=O)O[C@H](C(=O)NC(N)=O)C(C)C)ccc1OC(C)C. The first kappa shape index (κ1) is 22.0.